The van der Waals surface area contributed by atoms with E-state index in [1.165, 1.54) is 11.1 Å². The fourth-order valence-electron chi connectivity index (χ4n) is 3.08. The second-order valence-electron chi connectivity index (χ2n) is 5.86. The number of halogens is 1. The van der Waals surface area contributed by atoms with Gasteiger partial charge in [-0.1, -0.05) is 76.6 Å². The SMILES string of the molecule is Brc1ccc(C2=NN(c3ccccc3)C(c3ccccc3)C2)cc1. The molecule has 0 saturated heterocycles. The molecule has 1 aliphatic heterocycles. The minimum Gasteiger partial charge on any atom is -0.257 e. The summed E-state index contributed by atoms with van der Waals surface area (Å²) >= 11 is 3.50. The molecule has 0 amide bonds. The Bertz CT molecular complexity index is 842. The van der Waals surface area contributed by atoms with Crippen molar-refractivity contribution in [1.82, 2.24) is 0 Å². The molecule has 0 spiro atoms. The van der Waals surface area contributed by atoms with Crippen LogP contribution in [0, 0.1) is 0 Å². The van der Waals surface area contributed by atoms with E-state index in [0.29, 0.717) is 0 Å². The Morgan fingerprint density at radius 3 is 2.08 bits per heavy atom. The third kappa shape index (κ3) is 3.00. The van der Waals surface area contributed by atoms with E-state index < -0.39 is 0 Å². The molecule has 2 nitrogen and oxygen atoms in total. The molecule has 0 fully saturated rings. The molecule has 0 radical (unpaired) electrons. The summed E-state index contributed by atoms with van der Waals surface area (Å²) in [5, 5.41) is 7.10. The molecule has 24 heavy (non-hydrogen) atoms. The van der Waals surface area contributed by atoms with Crippen LogP contribution in [-0.4, -0.2) is 5.71 Å². The first-order chi connectivity index (χ1) is 11.8. The summed E-state index contributed by atoms with van der Waals surface area (Å²) in [5.74, 6) is 0. The van der Waals surface area contributed by atoms with Crippen LogP contribution in [0.5, 0.6) is 0 Å². The minimum atomic E-state index is 0.229. The van der Waals surface area contributed by atoms with Crippen LogP contribution < -0.4 is 5.01 Å². The standard InChI is InChI=1S/C21H17BrN2/c22-18-13-11-16(12-14-18)20-15-21(17-7-3-1-4-8-17)24(23-20)19-9-5-2-6-10-19/h1-14,21H,15H2. The maximum Gasteiger partial charge on any atom is 0.0831 e. The third-order valence-corrected chi connectivity index (χ3v) is 4.82. The van der Waals surface area contributed by atoms with Crippen LogP contribution >= 0.6 is 15.9 Å². The van der Waals surface area contributed by atoms with E-state index in [2.05, 4.69) is 99.8 Å². The zero-order valence-corrected chi connectivity index (χ0v) is 14.7. The van der Waals surface area contributed by atoms with Gasteiger partial charge in [-0.3, -0.25) is 5.01 Å². The molecule has 1 unspecified atom stereocenters. The lowest BCUT2D eigenvalue weighted by Crippen LogP contribution is -2.18. The summed E-state index contributed by atoms with van der Waals surface area (Å²) in [4.78, 5) is 0. The maximum atomic E-state index is 4.95. The number of para-hydroxylation sites is 1. The molecule has 1 aliphatic rings. The van der Waals surface area contributed by atoms with Crippen molar-refractivity contribution in [1.29, 1.82) is 0 Å². The number of hydrogen-bond donors (Lipinski definition) is 0. The van der Waals surface area contributed by atoms with Gasteiger partial charge < -0.3 is 0 Å². The van der Waals surface area contributed by atoms with Crippen molar-refractivity contribution in [2.75, 3.05) is 5.01 Å². The average molecular weight is 377 g/mol. The molecule has 0 N–H and O–H groups in total. The molecule has 3 heteroatoms. The first-order valence-corrected chi connectivity index (χ1v) is 8.83. The number of nitrogens with zero attached hydrogens (tertiary/aromatic N) is 2. The Kier molecular flexibility index (Phi) is 4.18. The zero-order valence-electron chi connectivity index (χ0n) is 13.1. The molecule has 4 rings (SSSR count). The van der Waals surface area contributed by atoms with Crippen LogP contribution in [0.4, 0.5) is 5.69 Å². The van der Waals surface area contributed by atoms with Crippen molar-refractivity contribution in [3.8, 4) is 0 Å². The highest BCUT2D eigenvalue weighted by Crippen LogP contribution is 2.36. The van der Waals surface area contributed by atoms with Crippen molar-refractivity contribution in [3.05, 3.63) is 101 Å². The van der Waals surface area contributed by atoms with Gasteiger partial charge in [0.15, 0.2) is 0 Å². The van der Waals surface area contributed by atoms with E-state index >= 15 is 0 Å². The summed E-state index contributed by atoms with van der Waals surface area (Å²) in [6.45, 7) is 0. The van der Waals surface area contributed by atoms with E-state index in [4.69, 9.17) is 5.10 Å². The first-order valence-electron chi connectivity index (χ1n) is 8.04. The Morgan fingerprint density at radius 1 is 0.792 bits per heavy atom. The van der Waals surface area contributed by atoms with Crippen molar-refractivity contribution in [3.63, 3.8) is 0 Å². The summed E-state index contributed by atoms with van der Waals surface area (Å²) in [6.07, 6.45) is 0.903. The van der Waals surface area contributed by atoms with E-state index in [-0.39, 0.29) is 6.04 Å². The Labute approximate surface area is 150 Å². The molecule has 3 aromatic carbocycles. The van der Waals surface area contributed by atoms with Gasteiger partial charge in [0.05, 0.1) is 17.4 Å². The summed E-state index contributed by atoms with van der Waals surface area (Å²) in [6, 6.07) is 29.6. The van der Waals surface area contributed by atoms with E-state index in [1.807, 2.05) is 6.07 Å². The normalized spacial score (nSPS) is 17.0. The highest BCUT2D eigenvalue weighted by Gasteiger charge is 2.29. The van der Waals surface area contributed by atoms with Gasteiger partial charge in [0, 0.05) is 10.9 Å². The highest BCUT2D eigenvalue weighted by molar-refractivity contribution is 9.10. The van der Waals surface area contributed by atoms with Gasteiger partial charge in [-0.2, -0.15) is 5.10 Å². The highest BCUT2D eigenvalue weighted by atomic mass is 79.9. The molecule has 1 heterocycles. The van der Waals surface area contributed by atoms with Crippen LogP contribution in [0.15, 0.2) is 94.5 Å². The van der Waals surface area contributed by atoms with Crippen LogP contribution in [0.2, 0.25) is 0 Å². The van der Waals surface area contributed by atoms with E-state index in [9.17, 15) is 0 Å². The number of rotatable bonds is 3. The van der Waals surface area contributed by atoms with Crippen LogP contribution in [-0.2, 0) is 0 Å². The van der Waals surface area contributed by atoms with Crippen molar-refractivity contribution >= 4 is 27.3 Å². The molecule has 0 bridgehead atoms. The lowest BCUT2D eigenvalue weighted by Gasteiger charge is -2.23. The molecule has 1 atom stereocenters. The maximum absolute atomic E-state index is 4.95. The van der Waals surface area contributed by atoms with Crippen molar-refractivity contribution in [2.45, 2.75) is 12.5 Å². The van der Waals surface area contributed by atoms with Gasteiger partial charge in [-0.25, -0.2) is 0 Å². The monoisotopic (exact) mass is 376 g/mol. The fourth-order valence-corrected chi connectivity index (χ4v) is 3.35. The molecule has 0 aromatic heterocycles. The summed E-state index contributed by atoms with van der Waals surface area (Å²) < 4.78 is 1.09. The van der Waals surface area contributed by atoms with Gasteiger partial charge in [-0.15, -0.1) is 0 Å². The lowest BCUT2D eigenvalue weighted by molar-refractivity contribution is 0.709. The Morgan fingerprint density at radius 2 is 1.42 bits per heavy atom. The van der Waals surface area contributed by atoms with Crippen molar-refractivity contribution in [2.24, 2.45) is 5.10 Å². The molecule has 0 saturated carbocycles. The predicted octanol–water partition coefficient (Wildman–Crippen LogP) is 5.80. The predicted molar refractivity (Wildman–Crippen MR) is 103 cm³/mol. The number of anilines is 1. The second kappa shape index (κ2) is 6.62. The Balaban J connectivity index is 1.74. The average Bonchev–Trinajstić information content (AvgIpc) is 3.09. The topological polar surface area (TPSA) is 15.6 Å². The van der Waals surface area contributed by atoms with Crippen molar-refractivity contribution < 1.29 is 0 Å². The van der Waals surface area contributed by atoms with Crippen LogP contribution in [0.25, 0.3) is 0 Å². The zero-order chi connectivity index (χ0) is 16.4. The minimum absolute atomic E-state index is 0.229. The van der Waals surface area contributed by atoms with Gasteiger partial charge >= 0.3 is 0 Å². The van der Waals surface area contributed by atoms with Crippen LogP contribution in [0.1, 0.15) is 23.6 Å². The molecule has 0 aliphatic carbocycles. The lowest BCUT2D eigenvalue weighted by atomic mass is 9.98. The molecule has 118 valence electrons. The Hall–Kier alpha value is -2.39. The first kappa shape index (κ1) is 15.2. The quantitative estimate of drug-likeness (QED) is 0.563. The number of hydrazone groups is 1. The largest absolute Gasteiger partial charge is 0.257 e. The second-order valence-corrected chi connectivity index (χ2v) is 6.78. The van der Waals surface area contributed by atoms with E-state index in [0.717, 1.165) is 22.3 Å². The van der Waals surface area contributed by atoms with Gasteiger partial charge in [-0.05, 0) is 35.4 Å². The number of hydrogen-bond acceptors (Lipinski definition) is 2. The smallest absolute Gasteiger partial charge is 0.0831 e. The fraction of sp³-hybridized carbons (Fsp3) is 0.0952. The van der Waals surface area contributed by atoms with Crippen LogP contribution in [0.3, 0.4) is 0 Å². The summed E-state index contributed by atoms with van der Waals surface area (Å²) in [5.41, 5.74) is 4.72. The molecular weight excluding hydrogens is 360 g/mol. The molecule has 3 aromatic rings. The molecular formula is C21H17BrN2. The number of benzene rings is 3. The van der Waals surface area contributed by atoms with Gasteiger partial charge in [0.2, 0.25) is 0 Å². The third-order valence-electron chi connectivity index (χ3n) is 4.29. The van der Waals surface area contributed by atoms with Gasteiger partial charge in [0.1, 0.15) is 0 Å². The van der Waals surface area contributed by atoms with E-state index in [1.54, 1.807) is 0 Å². The van der Waals surface area contributed by atoms with Gasteiger partial charge in [0.25, 0.3) is 0 Å². The summed E-state index contributed by atoms with van der Waals surface area (Å²) in [7, 11) is 0.